The van der Waals surface area contributed by atoms with Crippen LogP contribution in [0.25, 0.3) is 55.6 Å². The topological polar surface area (TPSA) is 3.24 Å². The van der Waals surface area contributed by atoms with E-state index in [1.165, 1.54) is 94.7 Å². The van der Waals surface area contributed by atoms with Crippen LogP contribution in [0.2, 0.25) is 0 Å². The van der Waals surface area contributed by atoms with Crippen molar-refractivity contribution in [2.45, 2.75) is 90.9 Å². The fourth-order valence-electron chi connectivity index (χ4n) is 10.7. The third-order valence-electron chi connectivity index (χ3n) is 14.2. The molecular weight excluding hydrogens is 759 g/mol. The Morgan fingerprint density at radius 1 is 0.333 bits per heavy atom. The second-order valence-corrected chi connectivity index (χ2v) is 21.0. The van der Waals surface area contributed by atoms with Crippen molar-refractivity contribution in [1.29, 1.82) is 0 Å². The number of rotatable bonds is 6. The van der Waals surface area contributed by atoms with Gasteiger partial charge in [-0.25, -0.2) is 0 Å². The number of hydrogen-bond acceptors (Lipinski definition) is 1. The highest BCUT2D eigenvalue weighted by Gasteiger charge is 2.38. The van der Waals surface area contributed by atoms with E-state index in [1.54, 1.807) is 0 Å². The average molecular weight is 818 g/mol. The number of fused-ring (bicyclic) bond motifs is 6. The minimum atomic E-state index is -0.112. The molecule has 8 aromatic carbocycles. The molecule has 0 heterocycles. The van der Waals surface area contributed by atoms with Crippen LogP contribution in [0.15, 0.2) is 176 Å². The largest absolute Gasteiger partial charge is 0.310 e. The van der Waals surface area contributed by atoms with Gasteiger partial charge in [0.2, 0.25) is 0 Å². The molecule has 2 aliphatic rings. The number of nitrogens with zero attached hydrogens (tertiary/aromatic N) is 1. The molecule has 1 heteroatoms. The van der Waals surface area contributed by atoms with Crippen molar-refractivity contribution >= 4 is 17.1 Å². The van der Waals surface area contributed by atoms with Crippen molar-refractivity contribution < 1.29 is 0 Å². The highest BCUT2D eigenvalue weighted by molar-refractivity contribution is 5.94. The van der Waals surface area contributed by atoms with Gasteiger partial charge in [0.25, 0.3) is 0 Å². The fourth-order valence-corrected chi connectivity index (χ4v) is 10.7. The number of para-hydroxylation sites is 1. The molecule has 0 radical (unpaired) electrons. The van der Waals surface area contributed by atoms with Gasteiger partial charge in [-0.15, -0.1) is 0 Å². The maximum Gasteiger partial charge on any atom is 0.0540 e. The molecule has 0 atom stereocenters. The van der Waals surface area contributed by atoms with Gasteiger partial charge < -0.3 is 4.90 Å². The van der Waals surface area contributed by atoms with E-state index in [9.17, 15) is 0 Å². The second-order valence-electron chi connectivity index (χ2n) is 21.0. The quantitative estimate of drug-likeness (QED) is 0.162. The van der Waals surface area contributed by atoms with E-state index < -0.39 is 0 Å². The molecule has 0 saturated carbocycles. The first kappa shape index (κ1) is 40.6. The van der Waals surface area contributed by atoms with Gasteiger partial charge in [0.15, 0.2) is 0 Å². The average Bonchev–Trinajstić information content (AvgIpc) is 3.65. The Kier molecular flexibility index (Phi) is 9.39. The van der Waals surface area contributed by atoms with Crippen LogP contribution in [-0.4, -0.2) is 0 Å². The van der Waals surface area contributed by atoms with Crippen LogP contribution in [0, 0.1) is 0 Å². The molecular formula is C62H59N. The van der Waals surface area contributed by atoms with Gasteiger partial charge in [-0.3, -0.25) is 0 Å². The molecule has 0 saturated heterocycles. The molecule has 0 bridgehead atoms. The molecule has 0 amide bonds. The summed E-state index contributed by atoms with van der Waals surface area (Å²) in [5, 5.41) is 0. The monoisotopic (exact) mass is 817 g/mol. The van der Waals surface area contributed by atoms with Crippen molar-refractivity contribution in [3.8, 4) is 55.6 Å². The van der Waals surface area contributed by atoms with Crippen LogP contribution >= 0.6 is 0 Å². The van der Waals surface area contributed by atoms with Gasteiger partial charge in [-0.05, 0) is 131 Å². The third-order valence-corrected chi connectivity index (χ3v) is 14.2. The molecule has 0 unspecified atom stereocenters. The molecule has 0 fully saturated rings. The molecule has 0 spiro atoms. The predicted octanol–water partition coefficient (Wildman–Crippen LogP) is 17.4. The van der Waals surface area contributed by atoms with Crippen molar-refractivity contribution in [1.82, 2.24) is 0 Å². The summed E-state index contributed by atoms with van der Waals surface area (Å²) in [6.45, 7) is 23.5. The Morgan fingerprint density at radius 3 is 1.41 bits per heavy atom. The van der Waals surface area contributed by atoms with Crippen molar-refractivity contribution in [2.24, 2.45) is 0 Å². The van der Waals surface area contributed by atoms with Crippen molar-refractivity contribution in [2.75, 3.05) is 4.90 Å². The van der Waals surface area contributed by atoms with E-state index in [0.717, 1.165) is 11.4 Å². The first-order chi connectivity index (χ1) is 30.0. The summed E-state index contributed by atoms with van der Waals surface area (Å²) in [7, 11) is 0. The van der Waals surface area contributed by atoms with Crippen LogP contribution < -0.4 is 4.90 Å². The summed E-state index contributed by atoms with van der Waals surface area (Å²) in [5.41, 5.74) is 24.2. The van der Waals surface area contributed by atoms with Crippen molar-refractivity contribution in [3.05, 3.63) is 209 Å². The molecule has 8 aromatic rings. The lowest BCUT2D eigenvalue weighted by atomic mass is 9.78. The summed E-state index contributed by atoms with van der Waals surface area (Å²) in [4.78, 5) is 2.51. The highest BCUT2D eigenvalue weighted by Crippen LogP contribution is 2.54. The lowest BCUT2D eigenvalue weighted by Gasteiger charge is -2.32. The van der Waals surface area contributed by atoms with Crippen molar-refractivity contribution in [3.63, 3.8) is 0 Å². The molecule has 0 N–H and O–H groups in total. The highest BCUT2D eigenvalue weighted by atomic mass is 15.1. The van der Waals surface area contributed by atoms with E-state index in [0.29, 0.717) is 0 Å². The standard InChI is InChI=1S/C62H59N/c1-59(2,3)42-37-43(60(4,5)6)39-45(38-42)63(57-29-18-15-21-47(57)41-32-35-51-49-23-13-16-27-54(49)61(7,8)56(51)36-41)44-33-30-40(31-34-44)46-20-11-12-22-48(46)52-25-19-26-53-50-24-14-17-28-55(50)62(9,10)58(52)53/h11-39H,1-10H3. The minimum absolute atomic E-state index is 0.0388. The van der Waals surface area contributed by atoms with E-state index >= 15 is 0 Å². The molecule has 312 valence electrons. The van der Waals surface area contributed by atoms with Crippen LogP contribution in [0.3, 0.4) is 0 Å². The first-order valence-electron chi connectivity index (χ1n) is 22.8. The van der Waals surface area contributed by atoms with E-state index in [2.05, 4.69) is 250 Å². The lowest BCUT2D eigenvalue weighted by Crippen LogP contribution is -2.19. The Labute approximate surface area is 376 Å². The molecule has 2 aliphatic carbocycles. The molecule has 0 aliphatic heterocycles. The van der Waals surface area contributed by atoms with E-state index in [-0.39, 0.29) is 21.7 Å². The van der Waals surface area contributed by atoms with Crippen LogP contribution in [0.5, 0.6) is 0 Å². The summed E-state index contributed by atoms with van der Waals surface area (Å²) in [6.07, 6.45) is 0. The van der Waals surface area contributed by atoms with E-state index in [4.69, 9.17) is 0 Å². The molecule has 1 nitrogen and oxygen atoms in total. The Hall–Kier alpha value is -6.44. The minimum Gasteiger partial charge on any atom is -0.310 e. The smallest absolute Gasteiger partial charge is 0.0540 e. The van der Waals surface area contributed by atoms with Gasteiger partial charge >= 0.3 is 0 Å². The molecule has 0 aromatic heterocycles. The zero-order valence-corrected chi connectivity index (χ0v) is 38.7. The van der Waals surface area contributed by atoms with Gasteiger partial charge in [-0.2, -0.15) is 0 Å². The normalized spacial score (nSPS) is 14.4. The number of benzene rings is 8. The Balaban J connectivity index is 1.13. The number of hydrogen-bond donors (Lipinski definition) is 0. The first-order valence-corrected chi connectivity index (χ1v) is 22.8. The van der Waals surface area contributed by atoms with Gasteiger partial charge in [0, 0.05) is 27.8 Å². The molecule has 63 heavy (non-hydrogen) atoms. The number of anilines is 3. The van der Waals surface area contributed by atoms with Gasteiger partial charge in [0.05, 0.1) is 5.69 Å². The van der Waals surface area contributed by atoms with Gasteiger partial charge in [-0.1, -0.05) is 209 Å². The van der Waals surface area contributed by atoms with Gasteiger partial charge in [0.1, 0.15) is 0 Å². The summed E-state index contributed by atoms with van der Waals surface area (Å²) in [6, 6.07) is 66.4. The lowest BCUT2D eigenvalue weighted by molar-refractivity contribution is 0.569. The SMILES string of the molecule is CC(C)(C)c1cc(N(c2ccc(-c3ccccc3-c3cccc4c3C(C)(C)c3ccccc3-4)cc2)c2ccccc2-c2ccc3c(c2)C(C)(C)c2ccccc2-3)cc(C(C)(C)C)c1. The zero-order valence-electron chi connectivity index (χ0n) is 38.7. The Bertz CT molecular complexity index is 3040. The predicted molar refractivity (Wildman–Crippen MR) is 270 cm³/mol. The third kappa shape index (κ3) is 6.67. The maximum atomic E-state index is 2.51. The van der Waals surface area contributed by atoms with E-state index in [1.807, 2.05) is 0 Å². The zero-order chi connectivity index (χ0) is 44.1. The summed E-state index contributed by atoms with van der Waals surface area (Å²) in [5.74, 6) is 0. The summed E-state index contributed by atoms with van der Waals surface area (Å²) >= 11 is 0. The van der Waals surface area contributed by atoms with Crippen LogP contribution in [0.1, 0.15) is 103 Å². The Morgan fingerprint density at radius 2 is 0.794 bits per heavy atom. The second kappa shape index (κ2) is 14.6. The molecule has 10 rings (SSSR count). The summed E-state index contributed by atoms with van der Waals surface area (Å²) < 4.78 is 0. The fraction of sp³-hybridized carbons (Fsp3) is 0.226. The van der Waals surface area contributed by atoms with Crippen LogP contribution in [-0.2, 0) is 21.7 Å². The maximum absolute atomic E-state index is 2.51. The van der Waals surface area contributed by atoms with Crippen LogP contribution in [0.4, 0.5) is 17.1 Å².